The highest BCUT2D eigenvalue weighted by Gasteiger charge is 2.08. The largest absolute Gasteiger partial charge is 0.489 e. The fraction of sp³-hybridized carbons (Fsp3) is 0.308. The van der Waals surface area contributed by atoms with Gasteiger partial charge in [-0.3, -0.25) is 0 Å². The van der Waals surface area contributed by atoms with Crippen LogP contribution in [0.3, 0.4) is 0 Å². The maximum absolute atomic E-state index is 13.3. The number of aromatic nitrogens is 1. The van der Waals surface area contributed by atoms with Gasteiger partial charge >= 0.3 is 0 Å². The normalized spacial score (nSPS) is 10.8. The average molecular weight is 301 g/mol. The Kier molecular flexibility index (Phi) is 4.61. The molecule has 1 N–H and O–H groups in total. The molecule has 0 atom stereocenters. The first-order valence-electron chi connectivity index (χ1n) is 5.85. The predicted octanol–water partition coefficient (Wildman–Crippen LogP) is 4.33. The van der Waals surface area contributed by atoms with Gasteiger partial charge in [0.15, 0.2) is 4.47 Å². The molecule has 0 spiro atoms. The molecule has 0 aliphatic rings. The van der Waals surface area contributed by atoms with Crippen LogP contribution in [-0.2, 0) is 6.54 Å². The number of halogens is 2. The van der Waals surface area contributed by atoms with Gasteiger partial charge < -0.3 is 10.1 Å². The molecule has 102 valence electrons. The molecule has 0 amide bonds. The van der Waals surface area contributed by atoms with E-state index in [-0.39, 0.29) is 11.9 Å². The summed E-state index contributed by atoms with van der Waals surface area (Å²) in [6.45, 7) is 4.38. The van der Waals surface area contributed by atoms with E-state index in [1.165, 1.54) is 23.5 Å². The predicted molar refractivity (Wildman–Crippen MR) is 76.6 cm³/mol. The van der Waals surface area contributed by atoms with E-state index in [1.807, 2.05) is 13.8 Å². The van der Waals surface area contributed by atoms with Gasteiger partial charge in [-0.05, 0) is 26.0 Å². The SMILES string of the molecule is CC(C)Oc1ccc(F)cc1NCc1cnc(Cl)s1. The molecule has 2 aromatic rings. The monoisotopic (exact) mass is 300 g/mol. The Bertz CT molecular complexity index is 559. The van der Waals surface area contributed by atoms with Gasteiger partial charge in [0.1, 0.15) is 11.6 Å². The summed E-state index contributed by atoms with van der Waals surface area (Å²) in [5.74, 6) is 0.327. The van der Waals surface area contributed by atoms with Gasteiger partial charge in [0, 0.05) is 17.1 Å². The lowest BCUT2D eigenvalue weighted by atomic mass is 10.2. The van der Waals surface area contributed by atoms with Gasteiger partial charge in [-0.1, -0.05) is 11.6 Å². The summed E-state index contributed by atoms with van der Waals surface area (Å²) in [7, 11) is 0. The van der Waals surface area contributed by atoms with Crippen LogP contribution in [0.1, 0.15) is 18.7 Å². The molecule has 0 saturated heterocycles. The number of nitrogens with one attached hydrogen (secondary N) is 1. The number of hydrogen-bond donors (Lipinski definition) is 1. The smallest absolute Gasteiger partial charge is 0.183 e. The van der Waals surface area contributed by atoms with Crippen molar-refractivity contribution in [2.75, 3.05) is 5.32 Å². The third kappa shape index (κ3) is 4.08. The zero-order chi connectivity index (χ0) is 13.8. The van der Waals surface area contributed by atoms with E-state index in [1.54, 1.807) is 12.3 Å². The molecule has 0 saturated carbocycles. The van der Waals surface area contributed by atoms with E-state index >= 15 is 0 Å². The Hall–Kier alpha value is -1.33. The average Bonchev–Trinajstić information content (AvgIpc) is 2.75. The minimum atomic E-state index is -0.305. The van der Waals surface area contributed by atoms with Gasteiger partial charge in [0.25, 0.3) is 0 Å². The molecule has 0 aliphatic carbocycles. The second-order valence-electron chi connectivity index (χ2n) is 4.24. The number of rotatable bonds is 5. The molecule has 1 heterocycles. The summed E-state index contributed by atoms with van der Waals surface area (Å²) in [6.07, 6.45) is 1.73. The second kappa shape index (κ2) is 6.21. The summed E-state index contributed by atoms with van der Waals surface area (Å²) in [6, 6.07) is 4.42. The maximum Gasteiger partial charge on any atom is 0.183 e. The molecular formula is C13H14ClFN2OS. The molecule has 0 fully saturated rings. The third-order valence-electron chi connectivity index (χ3n) is 2.28. The van der Waals surface area contributed by atoms with Gasteiger partial charge in [-0.2, -0.15) is 0 Å². The van der Waals surface area contributed by atoms with Crippen LogP contribution in [0.4, 0.5) is 10.1 Å². The first kappa shape index (κ1) is 14.1. The summed E-state index contributed by atoms with van der Waals surface area (Å²) in [4.78, 5) is 4.93. The summed E-state index contributed by atoms with van der Waals surface area (Å²) in [5.41, 5.74) is 0.623. The number of benzene rings is 1. The van der Waals surface area contributed by atoms with Gasteiger partial charge in [-0.25, -0.2) is 9.37 Å². The van der Waals surface area contributed by atoms with Crippen LogP contribution in [-0.4, -0.2) is 11.1 Å². The Labute approximate surface area is 120 Å². The Morgan fingerprint density at radius 1 is 1.47 bits per heavy atom. The van der Waals surface area contributed by atoms with Crippen molar-refractivity contribution in [3.05, 3.63) is 39.6 Å². The lowest BCUT2D eigenvalue weighted by Gasteiger charge is -2.15. The van der Waals surface area contributed by atoms with E-state index in [9.17, 15) is 4.39 Å². The summed E-state index contributed by atoms with van der Waals surface area (Å²) >= 11 is 7.15. The molecular weight excluding hydrogens is 287 g/mol. The highest BCUT2D eigenvalue weighted by molar-refractivity contribution is 7.15. The van der Waals surface area contributed by atoms with Gasteiger partial charge in [0.05, 0.1) is 18.3 Å². The van der Waals surface area contributed by atoms with Crippen molar-refractivity contribution in [2.45, 2.75) is 26.5 Å². The van der Waals surface area contributed by atoms with Gasteiger partial charge in [0.2, 0.25) is 0 Å². The lowest BCUT2D eigenvalue weighted by Crippen LogP contribution is -2.08. The molecule has 0 unspecified atom stereocenters. The van der Waals surface area contributed by atoms with E-state index in [0.29, 0.717) is 22.4 Å². The number of anilines is 1. The molecule has 1 aromatic carbocycles. The van der Waals surface area contributed by atoms with Crippen molar-refractivity contribution in [2.24, 2.45) is 0 Å². The summed E-state index contributed by atoms with van der Waals surface area (Å²) in [5, 5.41) is 3.14. The van der Waals surface area contributed by atoms with E-state index in [2.05, 4.69) is 10.3 Å². The molecule has 19 heavy (non-hydrogen) atoms. The number of thiazole rings is 1. The Morgan fingerprint density at radius 3 is 2.89 bits per heavy atom. The molecule has 0 radical (unpaired) electrons. The van der Waals surface area contributed by atoms with Crippen molar-refractivity contribution in [1.82, 2.24) is 4.98 Å². The topological polar surface area (TPSA) is 34.1 Å². The zero-order valence-corrected chi connectivity index (χ0v) is 12.2. The van der Waals surface area contributed by atoms with Crippen molar-refractivity contribution >= 4 is 28.6 Å². The third-order valence-corrected chi connectivity index (χ3v) is 3.40. The van der Waals surface area contributed by atoms with Crippen LogP contribution < -0.4 is 10.1 Å². The fourth-order valence-corrected chi connectivity index (χ4v) is 2.46. The maximum atomic E-state index is 13.3. The fourth-order valence-electron chi connectivity index (χ4n) is 1.54. The molecule has 6 heteroatoms. The Morgan fingerprint density at radius 2 is 2.26 bits per heavy atom. The lowest BCUT2D eigenvalue weighted by molar-refractivity contribution is 0.243. The standard InChI is InChI=1S/C13H14ClFN2OS/c1-8(2)18-12-4-3-9(15)5-11(12)16-6-10-7-17-13(14)19-10/h3-5,7-8,16H,6H2,1-2H3. The second-order valence-corrected chi connectivity index (χ2v) is 5.94. The van der Waals surface area contributed by atoms with E-state index in [0.717, 1.165) is 4.88 Å². The van der Waals surface area contributed by atoms with Crippen LogP contribution in [0, 0.1) is 5.82 Å². The minimum Gasteiger partial charge on any atom is -0.489 e. The highest BCUT2D eigenvalue weighted by Crippen LogP contribution is 2.27. The molecule has 2 rings (SSSR count). The minimum absolute atomic E-state index is 0.0314. The quantitative estimate of drug-likeness (QED) is 0.892. The van der Waals surface area contributed by atoms with Crippen LogP contribution in [0.25, 0.3) is 0 Å². The van der Waals surface area contributed by atoms with Crippen LogP contribution in [0.15, 0.2) is 24.4 Å². The van der Waals surface area contributed by atoms with Crippen molar-refractivity contribution in [1.29, 1.82) is 0 Å². The molecule has 0 aliphatic heterocycles. The summed E-state index contributed by atoms with van der Waals surface area (Å²) < 4.78 is 19.4. The van der Waals surface area contributed by atoms with Gasteiger partial charge in [-0.15, -0.1) is 11.3 Å². The molecule has 3 nitrogen and oxygen atoms in total. The number of hydrogen-bond acceptors (Lipinski definition) is 4. The number of nitrogens with zero attached hydrogens (tertiary/aromatic N) is 1. The van der Waals surface area contributed by atoms with Crippen molar-refractivity contribution in [3.63, 3.8) is 0 Å². The van der Waals surface area contributed by atoms with Crippen LogP contribution in [0.2, 0.25) is 4.47 Å². The van der Waals surface area contributed by atoms with Crippen molar-refractivity contribution < 1.29 is 9.13 Å². The van der Waals surface area contributed by atoms with E-state index < -0.39 is 0 Å². The van der Waals surface area contributed by atoms with Crippen molar-refractivity contribution in [3.8, 4) is 5.75 Å². The molecule has 0 bridgehead atoms. The first-order valence-corrected chi connectivity index (χ1v) is 7.04. The zero-order valence-electron chi connectivity index (χ0n) is 10.6. The number of ether oxygens (including phenoxy) is 1. The Balaban J connectivity index is 2.11. The van der Waals surface area contributed by atoms with E-state index in [4.69, 9.17) is 16.3 Å². The van der Waals surface area contributed by atoms with Crippen LogP contribution >= 0.6 is 22.9 Å². The highest BCUT2D eigenvalue weighted by atomic mass is 35.5. The van der Waals surface area contributed by atoms with Crippen LogP contribution in [0.5, 0.6) is 5.75 Å². The molecule has 1 aromatic heterocycles. The first-order chi connectivity index (χ1) is 9.04.